The largest absolute Gasteiger partial charge is 0.478 e. The Morgan fingerprint density at radius 3 is 2.70 bits per heavy atom. The van der Waals surface area contributed by atoms with Gasteiger partial charge in [-0.15, -0.1) is 0 Å². The second kappa shape index (κ2) is 5.98. The number of hydrogen-bond donors (Lipinski definition) is 1. The van der Waals surface area contributed by atoms with Gasteiger partial charge >= 0.3 is 11.0 Å². The predicted octanol–water partition coefficient (Wildman–Crippen LogP) is 4.07. The van der Waals surface area contributed by atoms with Crippen molar-refractivity contribution in [3.05, 3.63) is 68.7 Å². The van der Waals surface area contributed by atoms with E-state index in [2.05, 4.69) is 4.98 Å². The number of carbonyl (C=O) groups is 1. The number of aromatic carboxylic acids is 1. The van der Waals surface area contributed by atoms with Crippen LogP contribution in [0.4, 0.5) is 5.00 Å². The summed E-state index contributed by atoms with van der Waals surface area (Å²) < 4.78 is 0. The van der Waals surface area contributed by atoms with Crippen molar-refractivity contribution in [2.75, 3.05) is 0 Å². The van der Waals surface area contributed by atoms with Crippen molar-refractivity contribution in [2.24, 2.45) is 0 Å². The molecule has 114 valence electrons. The van der Waals surface area contributed by atoms with E-state index in [0.29, 0.717) is 21.5 Å². The molecule has 23 heavy (non-hydrogen) atoms. The van der Waals surface area contributed by atoms with E-state index in [9.17, 15) is 20.0 Å². The number of hydrogen-bond acceptors (Lipinski definition) is 5. The average molecular weight is 326 g/mol. The molecule has 0 saturated heterocycles. The van der Waals surface area contributed by atoms with Crippen molar-refractivity contribution in [1.82, 2.24) is 4.98 Å². The minimum absolute atomic E-state index is 0.0577. The first-order chi connectivity index (χ1) is 11.0. The van der Waals surface area contributed by atoms with Gasteiger partial charge in [-0.25, -0.2) is 9.78 Å². The SMILES string of the molecule is O=C(O)c1cc(C=Cc2ccc([N+](=O)[O-])s2)nc2ccccc12. The summed E-state index contributed by atoms with van der Waals surface area (Å²) in [7, 11) is 0. The molecular weight excluding hydrogens is 316 g/mol. The quantitative estimate of drug-likeness (QED) is 0.576. The van der Waals surface area contributed by atoms with Crippen LogP contribution >= 0.6 is 11.3 Å². The predicted molar refractivity (Wildman–Crippen MR) is 88.6 cm³/mol. The molecule has 2 aromatic heterocycles. The molecular formula is C16H10N2O4S. The molecule has 6 nitrogen and oxygen atoms in total. The van der Waals surface area contributed by atoms with Crippen LogP contribution in [-0.4, -0.2) is 21.0 Å². The van der Waals surface area contributed by atoms with Gasteiger partial charge in [-0.05, 0) is 30.4 Å². The molecule has 2 heterocycles. The maximum atomic E-state index is 11.4. The molecule has 0 saturated carbocycles. The fourth-order valence-corrected chi connectivity index (χ4v) is 2.88. The highest BCUT2D eigenvalue weighted by Gasteiger charge is 2.11. The van der Waals surface area contributed by atoms with E-state index >= 15 is 0 Å². The molecule has 0 spiro atoms. The molecule has 3 aromatic rings. The van der Waals surface area contributed by atoms with Crippen molar-refractivity contribution in [3.8, 4) is 0 Å². The molecule has 0 aliphatic rings. The number of benzene rings is 1. The Labute approximate surface area is 134 Å². The summed E-state index contributed by atoms with van der Waals surface area (Å²) in [6.07, 6.45) is 3.33. The lowest BCUT2D eigenvalue weighted by Gasteiger charge is -2.03. The van der Waals surface area contributed by atoms with E-state index in [-0.39, 0.29) is 10.6 Å². The second-order valence-electron chi connectivity index (χ2n) is 4.68. The van der Waals surface area contributed by atoms with Crippen LogP contribution in [0.3, 0.4) is 0 Å². The highest BCUT2D eigenvalue weighted by atomic mass is 32.1. The second-order valence-corrected chi connectivity index (χ2v) is 5.78. The van der Waals surface area contributed by atoms with E-state index in [0.717, 1.165) is 11.3 Å². The normalized spacial score (nSPS) is 11.1. The maximum Gasteiger partial charge on any atom is 0.336 e. The van der Waals surface area contributed by atoms with Crippen molar-refractivity contribution in [2.45, 2.75) is 0 Å². The van der Waals surface area contributed by atoms with Gasteiger partial charge in [-0.3, -0.25) is 10.1 Å². The number of carboxylic acids is 1. The van der Waals surface area contributed by atoms with Gasteiger partial charge in [0.05, 0.1) is 21.7 Å². The topological polar surface area (TPSA) is 93.3 Å². The Morgan fingerprint density at radius 2 is 2.00 bits per heavy atom. The molecule has 1 aromatic carbocycles. The van der Waals surface area contributed by atoms with Crippen LogP contribution in [0.2, 0.25) is 0 Å². The maximum absolute atomic E-state index is 11.4. The lowest BCUT2D eigenvalue weighted by Crippen LogP contribution is -1.99. The highest BCUT2D eigenvalue weighted by Crippen LogP contribution is 2.26. The average Bonchev–Trinajstić information content (AvgIpc) is 3.01. The van der Waals surface area contributed by atoms with Crippen LogP contribution in [0, 0.1) is 10.1 Å². The molecule has 0 bridgehead atoms. The van der Waals surface area contributed by atoms with Gasteiger partial charge in [0.1, 0.15) is 0 Å². The molecule has 3 rings (SSSR count). The first-order valence-electron chi connectivity index (χ1n) is 6.60. The summed E-state index contributed by atoms with van der Waals surface area (Å²) in [6.45, 7) is 0. The van der Waals surface area contributed by atoms with Crippen LogP contribution < -0.4 is 0 Å². The standard InChI is InChI=1S/C16H10N2O4S/c19-16(20)13-9-10(17-14-4-2-1-3-12(13)14)5-6-11-7-8-15(23-11)18(21)22/h1-9H,(H,19,20). The molecule has 1 N–H and O–H groups in total. The third-order valence-electron chi connectivity index (χ3n) is 3.18. The Kier molecular flexibility index (Phi) is 3.86. The zero-order valence-electron chi connectivity index (χ0n) is 11.7. The van der Waals surface area contributed by atoms with Gasteiger partial charge in [0.25, 0.3) is 0 Å². The van der Waals surface area contributed by atoms with Crippen LogP contribution in [0.15, 0.2) is 42.5 Å². The summed E-state index contributed by atoms with van der Waals surface area (Å²) in [4.78, 5) is 26.7. The van der Waals surface area contributed by atoms with Crippen LogP contribution in [-0.2, 0) is 0 Å². The van der Waals surface area contributed by atoms with Gasteiger partial charge in [0, 0.05) is 16.3 Å². The Balaban J connectivity index is 2.00. The smallest absolute Gasteiger partial charge is 0.336 e. The van der Waals surface area contributed by atoms with Gasteiger partial charge < -0.3 is 5.11 Å². The molecule has 0 atom stereocenters. The first-order valence-corrected chi connectivity index (χ1v) is 7.41. The summed E-state index contributed by atoms with van der Waals surface area (Å²) in [5.41, 5.74) is 1.24. The molecule has 0 fully saturated rings. The lowest BCUT2D eigenvalue weighted by molar-refractivity contribution is -0.380. The summed E-state index contributed by atoms with van der Waals surface area (Å²) >= 11 is 1.04. The summed E-state index contributed by atoms with van der Waals surface area (Å²) in [6, 6.07) is 11.6. The van der Waals surface area contributed by atoms with Crippen molar-refractivity contribution in [3.63, 3.8) is 0 Å². The third kappa shape index (κ3) is 3.09. The lowest BCUT2D eigenvalue weighted by atomic mass is 10.1. The Hall–Kier alpha value is -3.06. The van der Waals surface area contributed by atoms with Crippen molar-refractivity contribution < 1.29 is 14.8 Å². The number of pyridine rings is 1. The number of para-hydroxylation sites is 1. The minimum Gasteiger partial charge on any atom is -0.478 e. The molecule has 0 aliphatic heterocycles. The van der Waals surface area contributed by atoms with Crippen molar-refractivity contribution >= 4 is 45.4 Å². The van der Waals surface area contributed by atoms with E-state index in [1.54, 1.807) is 42.5 Å². The third-order valence-corrected chi connectivity index (χ3v) is 4.18. The van der Waals surface area contributed by atoms with E-state index < -0.39 is 10.9 Å². The van der Waals surface area contributed by atoms with E-state index in [4.69, 9.17) is 0 Å². The van der Waals surface area contributed by atoms with Gasteiger partial charge in [0.2, 0.25) is 0 Å². The van der Waals surface area contributed by atoms with Crippen LogP contribution in [0.1, 0.15) is 20.9 Å². The fraction of sp³-hybridized carbons (Fsp3) is 0. The summed E-state index contributed by atoms with van der Waals surface area (Å²) in [5, 5.41) is 20.6. The highest BCUT2D eigenvalue weighted by molar-refractivity contribution is 7.16. The zero-order chi connectivity index (χ0) is 16.4. The number of fused-ring (bicyclic) bond motifs is 1. The van der Waals surface area contributed by atoms with Crippen LogP contribution in [0.25, 0.3) is 23.1 Å². The van der Waals surface area contributed by atoms with Gasteiger partial charge in [-0.1, -0.05) is 29.5 Å². The number of nitrogens with zero attached hydrogens (tertiary/aromatic N) is 2. The van der Waals surface area contributed by atoms with Gasteiger partial charge in [0.15, 0.2) is 0 Å². The number of rotatable bonds is 4. The fourth-order valence-electron chi connectivity index (χ4n) is 2.16. The zero-order valence-corrected chi connectivity index (χ0v) is 12.5. The van der Waals surface area contributed by atoms with E-state index in [1.165, 1.54) is 12.1 Å². The number of nitro groups is 1. The van der Waals surface area contributed by atoms with Crippen molar-refractivity contribution in [1.29, 1.82) is 0 Å². The molecule has 7 heteroatoms. The Bertz CT molecular complexity index is 946. The summed E-state index contributed by atoms with van der Waals surface area (Å²) in [5.74, 6) is -1.02. The minimum atomic E-state index is -1.02. The molecule has 0 amide bonds. The number of carboxylic acid groups (broad SMARTS) is 1. The monoisotopic (exact) mass is 326 g/mol. The Morgan fingerprint density at radius 1 is 1.22 bits per heavy atom. The van der Waals surface area contributed by atoms with Gasteiger partial charge in [-0.2, -0.15) is 0 Å². The number of aromatic nitrogens is 1. The van der Waals surface area contributed by atoms with E-state index in [1.807, 2.05) is 0 Å². The molecule has 0 radical (unpaired) electrons. The molecule has 0 unspecified atom stereocenters. The first kappa shape index (κ1) is 14.9. The molecule has 0 aliphatic carbocycles. The number of thiophene rings is 1. The van der Waals surface area contributed by atoms with Crippen LogP contribution in [0.5, 0.6) is 0 Å².